The fourth-order valence-corrected chi connectivity index (χ4v) is 1.90. The number of pyridine rings is 2. The van der Waals surface area contributed by atoms with Gasteiger partial charge in [-0.1, -0.05) is 0 Å². The van der Waals surface area contributed by atoms with Crippen LogP contribution in [0.5, 0.6) is 11.6 Å². The summed E-state index contributed by atoms with van der Waals surface area (Å²) < 4.78 is 5.73. The molecule has 0 unspecified atom stereocenters. The maximum atomic E-state index is 8.88. The first kappa shape index (κ1) is 11.9. The standard InChI is InChI=1S/C15H10N4O/c16-9-10-5-7-18-14(8-10)20-13-4-3-12(17)15-11(13)2-1-6-19-15/h1-8H,17H2. The number of hydrogen-bond donors (Lipinski definition) is 1. The van der Waals surface area contributed by atoms with Gasteiger partial charge in [0.1, 0.15) is 5.75 Å². The average Bonchev–Trinajstić information content (AvgIpc) is 2.51. The molecule has 0 radical (unpaired) electrons. The van der Waals surface area contributed by atoms with Crippen LogP contribution in [0.25, 0.3) is 10.9 Å². The smallest absolute Gasteiger partial charge is 0.220 e. The van der Waals surface area contributed by atoms with Gasteiger partial charge >= 0.3 is 0 Å². The molecule has 2 N–H and O–H groups in total. The number of aromatic nitrogens is 2. The summed E-state index contributed by atoms with van der Waals surface area (Å²) in [5.41, 5.74) is 7.65. The molecule has 96 valence electrons. The molecule has 0 amide bonds. The molecule has 0 saturated heterocycles. The Morgan fingerprint density at radius 3 is 2.85 bits per heavy atom. The maximum Gasteiger partial charge on any atom is 0.220 e. The van der Waals surface area contributed by atoms with E-state index in [1.807, 2.05) is 18.2 Å². The Bertz CT molecular complexity index is 823. The van der Waals surface area contributed by atoms with Gasteiger partial charge in [0.25, 0.3) is 0 Å². The fraction of sp³-hybridized carbons (Fsp3) is 0. The molecule has 3 aromatic rings. The normalized spacial score (nSPS) is 10.2. The van der Waals surface area contributed by atoms with E-state index >= 15 is 0 Å². The number of hydrogen-bond acceptors (Lipinski definition) is 5. The van der Waals surface area contributed by atoms with Crippen LogP contribution in [0.15, 0.2) is 48.8 Å². The number of nitrogens with zero attached hydrogens (tertiary/aromatic N) is 3. The summed E-state index contributed by atoms with van der Waals surface area (Å²) >= 11 is 0. The van der Waals surface area contributed by atoms with E-state index in [0.29, 0.717) is 28.4 Å². The summed E-state index contributed by atoms with van der Waals surface area (Å²) in [6.45, 7) is 0. The van der Waals surface area contributed by atoms with Crippen molar-refractivity contribution in [3.05, 3.63) is 54.4 Å². The first-order chi connectivity index (χ1) is 9.78. The molecule has 0 aliphatic carbocycles. The highest BCUT2D eigenvalue weighted by Crippen LogP contribution is 2.31. The molecule has 0 bridgehead atoms. The summed E-state index contributed by atoms with van der Waals surface area (Å²) in [6.07, 6.45) is 3.21. The van der Waals surface area contributed by atoms with E-state index < -0.39 is 0 Å². The van der Waals surface area contributed by atoms with Gasteiger partial charge in [-0.05, 0) is 30.3 Å². The second-order valence-corrected chi connectivity index (χ2v) is 4.15. The van der Waals surface area contributed by atoms with Crippen molar-refractivity contribution in [3.8, 4) is 17.7 Å². The lowest BCUT2D eigenvalue weighted by molar-refractivity contribution is 0.468. The van der Waals surface area contributed by atoms with Crippen molar-refractivity contribution >= 4 is 16.6 Å². The van der Waals surface area contributed by atoms with Gasteiger partial charge in [0.05, 0.1) is 22.8 Å². The molecule has 0 aliphatic rings. The van der Waals surface area contributed by atoms with E-state index in [1.165, 1.54) is 6.20 Å². The topological polar surface area (TPSA) is 84.8 Å². The third kappa shape index (κ3) is 2.10. The lowest BCUT2D eigenvalue weighted by Gasteiger charge is -2.09. The zero-order chi connectivity index (χ0) is 13.9. The molecule has 5 heteroatoms. The Balaban J connectivity index is 2.07. The highest BCUT2D eigenvalue weighted by Gasteiger charge is 2.07. The monoisotopic (exact) mass is 262 g/mol. The minimum absolute atomic E-state index is 0.360. The minimum Gasteiger partial charge on any atom is -0.438 e. The van der Waals surface area contributed by atoms with Crippen molar-refractivity contribution in [2.75, 3.05) is 5.73 Å². The van der Waals surface area contributed by atoms with Crippen LogP contribution < -0.4 is 10.5 Å². The summed E-state index contributed by atoms with van der Waals surface area (Å²) in [7, 11) is 0. The quantitative estimate of drug-likeness (QED) is 0.718. The van der Waals surface area contributed by atoms with Crippen LogP contribution in [-0.2, 0) is 0 Å². The van der Waals surface area contributed by atoms with E-state index in [2.05, 4.69) is 9.97 Å². The lowest BCUT2D eigenvalue weighted by Crippen LogP contribution is -1.93. The lowest BCUT2D eigenvalue weighted by atomic mass is 10.2. The summed E-state index contributed by atoms with van der Waals surface area (Å²) in [4.78, 5) is 8.33. The molecule has 0 fully saturated rings. The van der Waals surface area contributed by atoms with Crippen molar-refractivity contribution in [2.45, 2.75) is 0 Å². The zero-order valence-electron chi connectivity index (χ0n) is 10.4. The van der Waals surface area contributed by atoms with Crippen LogP contribution >= 0.6 is 0 Å². The summed E-state index contributed by atoms with van der Waals surface area (Å²) in [6, 6.07) is 12.4. The van der Waals surface area contributed by atoms with Gasteiger partial charge in [0, 0.05) is 23.8 Å². The van der Waals surface area contributed by atoms with Crippen LogP contribution in [0.2, 0.25) is 0 Å². The first-order valence-corrected chi connectivity index (χ1v) is 5.95. The highest BCUT2D eigenvalue weighted by atomic mass is 16.5. The predicted molar refractivity (Wildman–Crippen MR) is 75.2 cm³/mol. The van der Waals surface area contributed by atoms with Crippen molar-refractivity contribution in [1.29, 1.82) is 5.26 Å². The Morgan fingerprint density at radius 2 is 2.00 bits per heavy atom. The first-order valence-electron chi connectivity index (χ1n) is 5.95. The molecule has 20 heavy (non-hydrogen) atoms. The third-order valence-corrected chi connectivity index (χ3v) is 2.84. The van der Waals surface area contributed by atoms with Crippen LogP contribution in [0.3, 0.4) is 0 Å². The van der Waals surface area contributed by atoms with Gasteiger partial charge in [-0.15, -0.1) is 0 Å². The predicted octanol–water partition coefficient (Wildman–Crippen LogP) is 2.88. The number of rotatable bonds is 2. The summed E-state index contributed by atoms with van der Waals surface area (Å²) in [5.74, 6) is 0.962. The number of nitrogen functional groups attached to an aromatic ring is 1. The van der Waals surface area contributed by atoms with Crippen molar-refractivity contribution in [3.63, 3.8) is 0 Å². The van der Waals surface area contributed by atoms with E-state index in [1.54, 1.807) is 30.5 Å². The molecule has 5 nitrogen and oxygen atoms in total. The van der Waals surface area contributed by atoms with Gasteiger partial charge in [-0.2, -0.15) is 5.26 Å². The SMILES string of the molecule is N#Cc1ccnc(Oc2ccc(N)c3ncccc23)c1. The molecular formula is C15H10N4O. The van der Waals surface area contributed by atoms with Gasteiger partial charge in [0.2, 0.25) is 5.88 Å². The molecule has 2 aromatic heterocycles. The van der Waals surface area contributed by atoms with Gasteiger partial charge in [0.15, 0.2) is 0 Å². The molecule has 1 aromatic carbocycles. The summed E-state index contributed by atoms with van der Waals surface area (Å²) in [5, 5.41) is 9.68. The molecule has 2 heterocycles. The Morgan fingerprint density at radius 1 is 1.10 bits per heavy atom. The van der Waals surface area contributed by atoms with Crippen molar-refractivity contribution in [1.82, 2.24) is 9.97 Å². The Kier molecular flexibility index (Phi) is 2.90. The Hall–Kier alpha value is -3.13. The van der Waals surface area contributed by atoms with Crippen LogP contribution in [0.4, 0.5) is 5.69 Å². The van der Waals surface area contributed by atoms with Gasteiger partial charge < -0.3 is 10.5 Å². The number of ether oxygens (including phenoxy) is 1. The van der Waals surface area contributed by atoms with Crippen LogP contribution in [0.1, 0.15) is 5.56 Å². The molecule has 0 spiro atoms. The molecule has 0 saturated carbocycles. The second kappa shape index (κ2) is 4.86. The minimum atomic E-state index is 0.360. The third-order valence-electron chi connectivity index (χ3n) is 2.84. The number of nitrogens with two attached hydrogens (primary N) is 1. The largest absolute Gasteiger partial charge is 0.438 e. The fourth-order valence-electron chi connectivity index (χ4n) is 1.90. The number of nitriles is 1. The highest BCUT2D eigenvalue weighted by molar-refractivity contribution is 5.93. The van der Waals surface area contributed by atoms with E-state index in [0.717, 1.165) is 5.39 Å². The van der Waals surface area contributed by atoms with Gasteiger partial charge in [-0.25, -0.2) is 4.98 Å². The van der Waals surface area contributed by atoms with Crippen molar-refractivity contribution in [2.24, 2.45) is 0 Å². The molecule has 0 atom stereocenters. The van der Waals surface area contributed by atoms with E-state index in [-0.39, 0.29) is 0 Å². The number of fused-ring (bicyclic) bond motifs is 1. The average molecular weight is 262 g/mol. The molecular weight excluding hydrogens is 252 g/mol. The van der Waals surface area contributed by atoms with Crippen LogP contribution in [-0.4, -0.2) is 9.97 Å². The second-order valence-electron chi connectivity index (χ2n) is 4.15. The molecule has 0 aliphatic heterocycles. The van der Waals surface area contributed by atoms with E-state index in [4.69, 9.17) is 15.7 Å². The Labute approximate surface area is 115 Å². The zero-order valence-corrected chi connectivity index (χ0v) is 10.4. The number of anilines is 1. The maximum absolute atomic E-state index is 8.88. The van der Waals surface area contributed by atoms with E-state index in [9.17, 15) is 0 Å². The number of benzene rings is 1. The molecule has 3 rings (SSSR count). The van der Waals surface area contributed by atoms with Crippen LogP contribution in [0, 0.1) is 11.3 Å². The van der Waals surface area contributed by atoms with Gasteiger partial charge in [-0.3, -0.25) is 4.98 Å². The van der Waals surface area contributed by atoms with Crippen molar-refractivity contribution < 1.29 is 4.74 Å².